The topological polar surface area (TPSA) is 50.3 Å². The second-order valence-corrected chi connectivity index (χ2v) is 9.01. The van der Waals surface area contributed by atoms with Crippen LogP contribution in [0.4, 0.5) is 0 Å². The Bertz CT molecular complexity index is 918. The van der Waals surface area contributed by atoms with E-state index in [0.717, 1.165) is 33.6 Å². The fraction of sp³-hybridized carbons (Fsp3) is 0.278. The minimum atomic E-state index is -3.35. The number of rotatable bonds is 4. The van der Waals surface area contributed by atoms with Gasteiger partial charge in [0.05, 0.1) is 22.0 Å². The number of fused-ring (bicyclic) bond motifs is 1. The molecule has 1 aliphatic rings. The van der Waals surface area contributed by atoms with Gasteiger partial charge in [-0.05, 0) is 30.5 Å². The van der Waals surface area contributed by atoms with E-state index in [0.29, 0.717) is 6.54 Å². The van der Waals surface area contributed by atoms with Crippen LogP contribution >= 0.6 is 11.3 Å². The van der Waals surface area contributed by atoms with E-state index < -0.39 is 10.0 Å². The highest BCUT2D eigenvalue weighted by molar-refractivity contribution is 7.88. The van der Waals surface area contributed by atoms with Crippen molar-refractivity contribution in [1.82, 2.24) is 9.29 Å². The van der Waals surface area contributed by atoms with Crippen molar-refractivity contribution in [3.8, 4) is 0 Å². The lowest BCUT2D eigenvalue weighted by Crippen LogP contribution is -2.31. The number of para-hydroxylation sites is 1. The predicted octanol–water partition coefficient (Wildman–Crippen LogP) is 3.96. The molecule has 0 unspecified atom stereocenters. The van der Waals surface area contributed by atoms with Gasteiger partial charge in [-0.15, -0.1) is 11.3 Å². The summed E-state index contributed by atoms with van der Waals surface area (Å²) >= 11 is 1.60. The Morgan fingerprint density at radius 1 is 1.08 bits per heavy atom. The maximum absolute atomic E-state index is 12.9. The van der Waals surface area contributed by atoms with Crippen molar-refractivity contribution in [2.45, 2.75) is 24.6 Å². The zero-order valence-electron chi connectivity index (χ0n) is 13.1. The summed E-state index contributed by atoms with van der Waals surface area (Å²) < 4.78 is 28.6. The normalized spacial score (nSPS) is 19.1. The molecule has 0 bridgehead atoms. The lowest BCUT2D eigenvalue weighted by atomic mass is 10.2. The van der Waals surface area contributed by atoms with Crippen LogP contribution in [0.15, 0.2) is 54.6 Å². The molecule has 4 nitrogen and oxygen atoms in total. The molecule has 2 heterocycles. The monoisotopic (exact) mass is 358 g/mol. The summed E-state index contributed by atoms with van der Waals surface area (Å²) in [6.45, 7) is 0.579. The lowest BCUT2D eigenvalue weighted by Gasteiger charge is -2.22. The second kappa shape index (κ2) is 6.27. The highest BCUT2D eigenvalue weighted by atomic mass is 32.2. The van der Waals surface area contributed by atoms with Gasteiger partial charge >= 0.3 is 0 Å². The fourth-order valence-corrected chi connectivity index (χ4v) is 6.18. The molecule has 4 rings (SSSR count). The van der Waals surface area contributed by atoms with Gasteiger partial charge in [0.1, 0.15) is 5.01 Å². The van der Waals surface area contributed by atoms with Gasteiger partial charge < -0.3 is 0 Å². The first-order chi connectivity index (χ1) is 11.6. The summed E-state index contributed by atoms with van der Waals surface area (Å²) in [5.74, 6) is 0.0508. The molecule has 1 aromatic heterocycles. The Kier molecular flexibility index (Phi) is 4.12. The summed E-state index contributed by atoms with van der Waals surface area (Å²) in [6, 6.07) is 17.2. The molecular weight excluding hydrogens is 340 g/mol. The van der Waals surface area contributed by atoms with E-state index in [1.807, 2.05) is 54.6 Å². The molecule has 1 fully saturated rings. The number of sulfonamides is 1. The van der Waals surface area contributed by atoms with Crippen molar-refractivity contribution in [3.05, 3.63) is 65.2 Å². The molecular formula is C18H18N2O2S2. The van der Waals surface area contributed by atoms with E-state index in [1.54, 1.807) is 15.6 Å². The van der Waals surface area contributed by atoms with Crippen LogP contribution in [-0.4, -0.2) is 24.3 Å². The maximum atomic E-state index is 12.9. The average molecular weight is 358 g/mol. The molecule has 1 saturated heterocycles. The van der Waals surface area contributed by atoms with Crippen molar-refractivity contribution in [2.24, 2.45) is 0 Å². The highest BCUT2D eigenvalue weighted by Crippen LogP contribution is 2.38. The minimum Gasteiger partial charge on any atom is -0.239 e. The van der Waals surface area contributed by atoms with Crippen LogP contribution in [0, 0.1) is 0 Å². The van der Waals surface area contributed by atoms with Crippen LogP contribution in [-0.2, 0) is 15.8 Å². The Morgan fingerprint density at radius 2 is 1.83 bits per heavy atom. The quantitative estimate of drug-likeness (QED) is 0.709. The number of thiazole rings is 1. The zero-order chi connectivity index (χ0) is 16.6. The van der Waals surface area contributed by atoms with Gasteiger partial charge in [0, 0.05) is 6.54 Å². The molecule has 0 spiro atoms. The van der Waals surface area contributed by atoms with Crippen LogP contribution < -0.4 is 0 Å². The first kappa shape index (κ1) is 15.7. The second-order valence-electron chi connectivity index (χ2n) is 6.03. The third kappa shape index (κ3) is 2.97. The van der Waals surface area contributed by atoms with E-state index in [4.69, 9.17) is 0 Å². The highest BCUT2D eigenvalue weighted by Gasteiger charge is 2.36. The Hall–Kier alpha value is -1.76. The zero-order valence-corrected chi connectivity index (χ0v) is 14.8. The van der Waals surface area contributed by atoms with E-state index in [2.05, 4.69) is 4.98 Å². The number of hydrogen-bond acceptors (Lipinski definition) is 4. The standard InChI is InChI=1S/C18H18N2O2S2/c21-24(22,13-14-7-2-1-3-8-14)20-12-6-10-16(20)18-19-15-9-4-5-11-17(15)23-18/h1-5,7-9,11,16H,6,10,12-13H2/t16-/m0/s1. The van der Waals surface area contributed by atoms with E-state index in [1.165, 1.54) is 0 Å². The van der Waals surface area contributed by atoms with Crippen molar-refractivity contribution >= 4 is 31.6 Å². The molecule has 1 aliphatic heterocycles. The SMILES string of the molecule is O=S(=O)(Cc1ccccc1)N1CCC[C@H]1c1nc2ccccc2s1. The number of hydrogen-bond donors (Lipinski definition) is 0. The average Bonchev–Trinajstić information content (AvgIpc) is 3.22. The van der Waals surface area contributed by atoms with Crippen LogP contribution in [0.2, 0.25) is 0 Å². The molecule has 0 aliphatic carbocycles. The number of benzene rings is 2. The molecule has 24 heavy (non-hydrogen) atoms. The number of nitrogens with zero attached hydrogens (tertiary/aromatic N) is 2. The van der Waals surface area contributed by atoms with Crippen molar-refractivity contribution in [1.29, 1.82) is 0 Å². The van der Waals surface area contributed by atoms with Gasteiger partial charge in [0.25, 0.3) is 0 Å². The first-order valence-electron chi connectivity index (χ1n) is 8.02. The Labute approximate surface area is 145 Å². The molecule has 0 radical (unpaired) electrons. The summed E-state index contributed by atoms with van der Waals surface area (Å²) in [5.41, 5.74) is 1.78. The van der Waals surface area contributed by atoms with Crippen LogP contribution in [0.25, 0.3) is 10.2 Å². The summed E-state index contributed by atoms with van der Waals surface area (Å²) in [6.07, 6.45) is 1.72. The van der Waals surface area contributed by atoms with Crippen molar-refractivity contribution in [2.75, 3.05) is 6.54 Å². The molecule has 3 aromatic rings. The maximum Gasteiger partial charge on any atom is 0.218 e. The lowest BCUT2D eigenvalue weighted by molar-refractivity contribution is 0.395. The van der Waals surface area contributed by atoms with E-state index >= 15 is 0 Å². The van der Waals surface area contributed by atoms with Gasteiger partial charge in [-0.3, -0.25) is 0 Å². The third-order valence-electron chi connectivity index (χ3n) is 4.35. The molecule has 0 saturated carbocycles. The van der Waals surface area contributed by atoms with Crippen molar-refractivity contribution in [3.63, 3.8) is 0 Å². The third-order valence-corrected chi connectivity index (χ3v) is 7.34. The van der Waals surface area contributed by atoms with Crippen LogP contribution in [0.5, 0.6) is 0 Å². The molecule has 0 N–H and O–H groups in total. The van der Waals surface area contributed by atoms with E-state index in [-0.39, 0.29) is 11.8 Å². The van der Waals surface area contributed by atoms with Crippen LogP contribution in [0.1, 0.15) is 29.5 Å². The fourth-order valence-electron chi connectivity index (χ4n) is 3.22. The van der Waals surface area contributed by atoms with Crippen molar-refractivity contribution < 1.29 is 8.42 Å². The van der Waals surface area contributed by atoms with E-state index in [9.17, 15) is 8.42 Å². The molecule has 1 atom stereocenters. The van der Waals surface area contributed by atoms with Gasteiger partial charge in [-0.2, -0.15) is 4.31 Å². The molecule has 2 aromatic carbocycles. The molecule has 0 amide bonds. The Morgan fingerprint density at radius 3 is 2.62 bits per heavy atom. The van der Waals surface area contributed by atoms with Gasteiger partial charge in [-0.25, -0.2) is 13.4 Å². The minimum absolute atomic E-state index is 0.0508. The number of aromatic nitrogens is 1. The summed E-state index contributed by atoms with van der Waals surface area (Å²) in [5, 5.41) is 0.908. The largest absolute Gasteiger partial charge is 0.239 e. The predicted molar refractivity (Wildman–Crippen MR) is 97.4 cm³/mol. The smallest absolute Gasteiger partial charge is 0.218 e. The molecule has 6 heteroatoms. The first-order valence-corrected chi connectivity index (χ1v) is 10.4. The van der Waals surface area contributed by atoms with Crippen LogP contribution in [0.3, 0.4) is 0 Å². The summed E-state index contributed by atoms with van der Waals surface area (Å²) in [7, 11) is -3.35. The summed E-state index contributed by atoms with van der Waals surface area (Å²) in [4.78, 5) is 4.68. The van der Waals surface area contributed by atoms with Gasteiger partial charge in [-0.1, -0.05) is 42.5 Å². The van der Waals surface area contributed by atoms with Gasteiger partial charge in [0.2, 0.25) is 10.0 Å². The Balaban J connectivity index is 1.64. The van der Waals surface area contributed by atoms with Gasteiger partial charge in [0.15, 0.2) is 0 Å². The molecule has 124 valence electrons.